The molecule has 0 aliphatic carbocycles. The highest BCUT2D eigenvalue weighted by atomic mass is 16.2. The van der Waals surface area contributed by atoms with Gasteiger partial charge in [-0.05, 0) is 23.3 Å². The van der Waals surface area contributed by atoms with E-state index >= 15 is 0 Å². The molecule has 0 aliphatic rings. The third-order valence-electron chi connectivity index (χ3n) is 3.94. The van der Waals surface area contributed by atoms with Crippen molar-refractivity contribution in [1.82, 2.24) is 38.9 Å². The maximum atomic E-state index is 12.5. The highest BCUT2D eigenvalue weighted by molar-refractivity contribution is 5.69. The van der Waals surface area contributed by atoms with E-state index in [0.717, 1.165) is 12.2 Å². The molecule has 10 heteroatoms. The molecule has 122 valence electrons. The van der Waals surface area contributed by atoms with Crippen molar-refractivity contribution in [2.75, 3.05) is 0 Å². The van der Waals surface area contributed by atoms with Gasteiger partial charge < -0.3 is 4.57 Å². The highest BCUT2D eigenvalue weighted by Crippen LogP contribution is 2.04. The number of fused-ring (bicyclic) bond motifs is 1. The van der Waals surface area contributed by atoms with E-state index in [2.05, 4.69) is 20.5 Å². The number of nitrogens with zero attached hydrogens (tertiary/aromatic N) is 8. The lowest BCUT2D eigenvalue weighted by atomic mass is 10.2. The molecule has 0 aliphatic heterocycles. The van der Waals surface area contributed by atoms with Crippen LogP contribution in [0.15, 0.2) is 15.9 Å². The van der Waals surface area contributed by atoms with Crippen molar-refractivity contribution in [3.05, 3.63) is 33.0 Å². The number of unbranched alkanes of at least 4 members (excludes halogenated alkanes) is 1. The molecule has 0 unspecified atom stereocenters. The highest BCUT2D eigenvalue weighted by Gasteiger charge is 2.14. The van der Waals surface area contributed by atoms with E-state index in [4.69, 9.17) is 0 Å². The number of aromatic nitrogens is 8. The van der Waals surface area contributed by atoms with Crippen LogP contribution in [0.25, 0.3) is 11.2 Å². The second-order valence-electron chi connectivity index (χ2n) is 5.50. The Hall–Kier alpha value is -2.78. The summed E-state index contributed by atoms with van der Waals surface area (Å²) in [6, 6.07) is 0. The molecule has 3 rings (SSSR count). The molecular weight excluding hydrogens is 300 g/mol. The maximum absolute atomic E-state index is 12.5. The van der Waals surface area contributed by atoms with E-state index in [9.17, 15) is 9.59 Å². The van der Waals surface area contributed by atoms with Crippen LogP contribution in [0.1, 0.15) is 18.7 Å². The number of imidazole rings is 1. The van der Waals surface area contributed by atoms with Crippen LogP contribution >= 0.6 is 0 Å². The lowest BCUT2D eigenvalue weighted by Crippen LogP contribution is -2.39. The summed E-state index contributed by atoms with van der Waals surface area (Å²) in [5.74, 6) is 0.785. The monoisotopic (exact) mass is 318 g/mol. The zero-order chi connectivity index (χ0) is 16.6. The van der Waals surface area contributed by atoms with Gasteiger partial charge in [0.25, 0.3) is 5.56 Å². The molecule has 0 amide bonds. The van der Waals surface area contributed by atoms with Crippen LogP contribution in [0, 0.1) is 0 Å². The summed E-state index contributed by atoms with van der Waals surface area (Å²) in [4.78, 5) is 29.0. The Labute approximate surface area is 131 Å². The van der Waals surface area contributed by atoms with E-state index in [1.54, 1.807) is 30.4 Å². The van der Waals surface area contributed by atoms with Gasteiger partial charge in [-0.2, -0.15) is 0 Å². The molecule has 0 saturated carbocycles. The van der Waals surface area contributed by atoms with Crippen molar-refractivity contribution in [2.45, 2.75) is 25.8 Å². The van der Waals surface area contributed by atoms with Crippen LogP contribution in [0.4, 0.5) is 0 Å². The molecule has 0 bridgehead atoms. The quantitative estimate of drug-likeness (QED) is 0.558. The average molecular weight is 318 g/mol. The lowest BCUT2D eigenvalue weighted by Gasteiger charge is -2.08. The number of tetrazole rings is 1. The normalized spacial score (nSPS) is 11.4. The van der Waals surface area contributed by atoms with Crippen molar-refractivity contribution in [2.24, 2.45) is 21.1 Å². The van der Waals surface area contributed by atoms with E-state index in [1.165, 1.54) is 15.5 Å². The Morgan fingerprint density at radius 3 is 2.61 bits per heavy atom. The first-order chi connectivity index (χ1) is 11.0. The molecule has 3 aromatic heterocycles. The molecule has 0 radical (unpaired) electrons. The van der Waals surface area contributed by atoms with E-state index in [0.29, 0.717) is 30.6 Å². The fraction of sp³-hybridized carbons (Fsp3) is 0.538. The molecule has 0 atom stereocenters. The van der Waals surface area contributed by atoms with Gasteiger partial charge in [-0.1, -0.05) is 0 Å². The Kier molecular flexibility index (Phi) is 3.80. The third kappa shape index (κ3) is 2.56. The third-order valence-corrected chi connectivity index (χ3v) is 3.94. The van der Waals surface area contributed by atoms with Gasteiger partial charge >= 0.3 is 5.69 Å². The zero-order valence-corrected chi connectivity index (χ0v) is 13.3. The standard InChI is InChI=1S/C13H18N8O2/c1-18-8-14-11-10(18)12(22)21(13(23)19(11)2)7-5-4-6-9-15-16-17-20(9)3/h8H,4-7H2,1-3H3. The van der Waals surface area contributed by atoms with Crippen molar-refractivity contribution >= 4 is 11.2 Å². The summed E-state index contributed by atoms with van der Waals surface area (Å²) in [6.07, 6.45) is 3.71. The maximum Gasteiger partial charge on any atom is 0.332 e. The summed E-state index contributed by atoms with van der Waals surface area (Å²) in [5, 5.41) is 11.3. The molecular formula is C13H18N8O2. The van der Waals surface area contributed by atoms with Crippen LogP contribution in [0.2, 0.25) is 0 Å². The molecule has 0 spiro atoms. The first-order valence-corrected chi connectivity index (χ1v) is 7.32. The number of hydrogen-bond donors (Lipinski definition) is 0. The van der Waals surface area contributed by atoms with Crippen LogP contribution < -0.4 is 11.2 Å². The first kappa shape index (κ1) is 15.1. The predicted octanol–water partition coefficient (Wildman–Crippen LogP) is -1.02. The zero-order valence-electron chi connectivity index (χ0n) is 13.3. The van der Waals surface area contributed by atoms with Gasteiger partial charge in [0.15, 0.2) is 17.0 Å². The largest absolute Gasteiger partial charge is 0.332 e. The molecule has 23 heavy (non-hydrogen) atoms. The second kappa shape index (κ2) is 5.78. The fourth-order valence-electron chi connectivity index (χ4n) is 2.61. The van der Waals surface area contributed by atoms with E-state index in [-0.39, 0.29) is 11.2 Å². The second-order valence-corrected chi connectivity index (χ2v) is 5.50. The van der Waals surface area contributed by atoms with Crippen molar-refractivity contribution in [3.63, 3.8) is 0 Å². The summed E-state index contributed by atoms with van der Waals surface area (Å²) in [7, 11) is 5.15. The smallest absolute Gasteiger partial charge is 0.328 e. The molecule has 10 nitrogen and oxygen atoms in total. The Morgan fingerprint density at radius 2 is 1.91 bits per heavy atom. The molecule has 3 heterocycles. The van der Waals surface area contributed by atoms with E-state index in [1.807, 2.05) is 0 Å². The van der Waals surface area contributed by atoms with Gasteiger partial charge in [-0.15, -0.1) is 5.10 Å². The van der Waals surface area contributed by atoms with Gasteiger partial charge in [-0.25, -0.2) is 14.5 Å². The average Bonchev–Trinajstić information content (AvgIpc) is 3.10. The van der Waals surface area contributed by atoms with Gasteiger partial charge in [0.05, 0.1) is 6.33 Å². The predicted molar refractivity (Wildman–Crippen MR) is 82.0 cm³/mol. The van der Waals surface area contributed by atoms with Crippen LogP contribution in [0.3, 0.4) is 0 Å². The molecule has 0 fully saturated rings. The van der Waals surface area contributed by atoms with Gasteiger partial charge in [0.1, 0.15) is 0 Å². The minimum atomic E-state index is -0.346. The first-order valence-electron chi connectivity index (χ1n) is 7.32. The van der Waals surface area contributed by atoms with E-state index < -0.39 is 0 Å². The Bertz CT molecular complexity index is 961. The van der Waals surface area contributed by atoms with Crippen LogP contribution in [0.5, 0.6) is 0 Å². The minimum absolute atomic E-state index is 0.302. The molecule has 0 N–H and O–H groups in total. The summed E-state index contributed by atoms with van der Waals surface area (Å²) < 4.78 is 5.92. The van der Waals surface area contributed by atoms with Gasteiger partial charge in [-0.3, -0.25) is 13.9 Å². The minimum Gasteiger partial charge on any atom is -0.328 e. The number of aryl methyl sites for hydroxylation is 4. The fourth-order valence-corrected chi connectivity index (χ4v) is 2.61. The Morgan fingerprint density at radius 1 is 1.13 bits per heavy atom. The summed E-state index contributed by atoms with van der Waals surface area (Å²) >= 11 is 0. The van der Waals surface area contributed by atoms with Crippen molar-refractivity contribution in [1.29, 1.82) is 0 Å². The lowest BCUT2D eigenvalue weighted by molar-refractivity contribution is 0.543. The van der Waals surface area contributed by atoms with Gasteiger partial charge in [0.2, 0.25) is 0 Å². The topological polar surface area (TPSA) is 105 Å². The number of hydrogen-bond acceptors (Lipinski definition) is 6. The van der Waals surface area contributed by atoms with Crippen molar-refractivity contribution < 1.29 is 0 Å². The Balaban J connectivity index is 1.80. The molecule has 0 saturated heterocycles. The number of rotatable bonds is 5. The van der Waals surface area contributed by atoms with Crippen LogP contribution in [-0.2, 0) is 34.1 Å². The van der Waals surface area contributed by atoms with Crippen molar-refractivity contribution in [3.8, 4) is 0 Å². The molecule has 0 aromatic carbocycles. The van der Waals surface area contributed by atoms with Crippen LogP contribution in [-0.4, -0.2) is 38.9 Å². The summed E-state index contributed by atoms with van der Waals surface area (Å²) in [6.45, 7) is 0.359. The molecule has 3 aromatic rings. The SMILES string of the molecule is Cn1nnnc1CCCCn1c(=O)c2c(ncn2C)n(C)c1=O. The van der Waals surface area contributed by atoms with Gasteiger partial charge in [0, 0.05) is 34.1 Å². The summed E-state index contributed by atoms with van der Waals surface area (Å²) in [5.41, 5.74) is 0.193.